The molecule has 0 aliphatic carbocycles. The molecule has 0 spiro atoms. The van der Waals surface area contributed by atoms with Crippen LogP contribution in [0.15, 0.2) is 42.9 Å². The zero-order valence-electron chi connectivity index (χ0n) is 19.8. The molecule has 3 aromatic heterocycles. The number of carboxylic acids is 1. The summed E-state index contributed by atoms with van der Waals surface area (Å²) in [5, 5.41) is 13.4. The van der Waals surface area contributed by atoms with Crippen LogP contribution in [0.1, 0.15) is 19.8 Å². The summed E-state index contributed by atoms with van der Waals surface area (Å²) in [6, 6.07) is 7.85. The molecule has 0 bridgehead atoms. The molecule has 2 N–H and O–H groups in total. The van der Waals surface area contributed by atoms with Gasteiger partial charge in [0.15, 0.2) is 5.13 Å². The summed E-state index contributed by atoms with van der Waals surface area (Å²) in [5.41, 5.74) is 3.64. The number of nitrogens with one attached hydrogen (secondary N) is 1. The number of carbonyl (C=O) groups is 1. The minimum atomic E-state index is -0.743. The van der Waals surface area contributed by atoms with Crippen LogP contribution in [0.3, 0.4) is 0 Å². The molecule has 1 aliphatic heterocycles. The average molecular weight is 491 g/mol. The molecule has 0 saturated carbocycles. The third-order valence-electron chi connectivity index (χ3n) is 6.59. The van der Waals surface area contributed by atoms with Crippen molar-refractivity contribution in [2.45, 2.75) is 19.8 Å². The zero-order chi connectivity index (χ0) is 24.6. The number of anilines is 2. The second kappa shape index (κ2) is 9.10. The number of carboxylic acid groups (broad SMARTS) is 1. The van der Waals surface area contributed by atoms with E-state index in [1.165, 1.54) is 0 Å². The van der Waals surface area contributed by atoms with E-state index in [2.05, 4.69) is 26.3 Å². The number of fused-ring (bicyclic) bond motifs is 1. The van der Waals surface area contributed by atoms with Crippen molar-refractivity contribution in [3.8, 4) is 28.1 Å². The van der Waals surface area contributed by atoms with Gasteiger partial charge in [0.25, 0.3) is 0 Å². The van der Waals surface area contributed by atoms with Gasteiger partial charge in [0.2, 0.25) is 5.95 Å². The molecule has 1 fully saturated rings. The number of ether oxygens (including phenoxy) is 1. The van der Waals surface area contributed by atoms with Crippen LogP contribution in [0.5, 0.6) is 5.75 Å². The second-order valence-electron chi connectivity index (χ2n) is 8.82. The van der Waals surface area contributed by atoms with Crippen molar-refractivity contribution in [3.05, 3.63) is 42.9 Å². The smallest absolute Gasteiger partial charge is 0.309 e. The van der Waals surface area contributed by atoms with Gasteiger partial charge in [-0.1, -0.05) is 11.3 Å². The molecule has 0 amide bonds. The maximum Gasteiger partial charge on any atom is 0.309 e. The van der Waals surface area contributed by atoms with Gasteiger partial charge in [-0.15, -0.1) is 0 Å². The lowest BCUT2D eigenvalue weighted by atomic mass is 9.80. The number of rotatable bonds is 6. The Morgan fingerprint density at radius 1 is 1.17 bits per heavy atom. The molecular weight excluding hydrogens is 464 g/mol. The molecular formula is C25H26N6O3S. The molecule has 0 radical (unpaired) electrons. The van der Waals surface area contributed by atoms with E-state index >= 15 is 0 Å². The number of thiazole rings is 1. The van der Waals surface area contributed by atoms with E-state index in [4.69, 9.17) is 9.72 Å². The van der Waals surface area contributed by atoms with Crippen LogP contribution in [0, 0.1) is 5.41 Å². The molecule has 1 aliphatic rings. The van der Waals surface area contributed by atoms with E-state index in [1.807, 2.05) is 30.1 Å². The number of benzene rings is 1. The number of nitrogens with zero attached hydrogens (tertiary/aromatic N) is 5. The van der Waals surface area contributed by atoms with Crippen molar-refractivity contribution in [2.75, 3.05) is 37.5 Å². The number of pyridine rings is 1. The minimum absolute atomic E-state index is 0.566. The Kier molecular flexibility index (Phi) is 5.98. The van der Waals surface area contributed by atoms with Gasteiger partial charge >= 0.3 is 5.97 Å². The van der Waals surface area contributed by atoms with Crippen LogP contribution < -0.4 is 15.0 Å². The van der Waals surface area contributed by atoms with Gasteiger partial charge in [0.05, 0.1) is 22.7 Å². The lowest BCUT2D eigenvalue weighted by Crippen LogP contribution is -2.43. The Hall–Kier alpha value is -3.79. The number of aliphatic carboxylic acids is 1. The molecule has 1 saturated heterocycles. The maximum absolute atomic E-state index is 11.5. The summed E-state index contributed by atoms with van der Waals surface area (Å²) in [6.45, 7) is 3.03. The van der Waals surface area contributed by atoms with Gasteiger partial charge in [0.1, 0.15) is 11.4 Å². The number of methoxy groups -OCH3 is 1. The van der Waals surface area contributed by atoms with E-state index in [0.717, 1.165) is 37.7 Å². The first-order chi connectivity index (χ1) is 16.9. The number of aromatic nitrogens is 4. The highest BCUT2D eigenvalue weighted by Crippen LogP contribution is 2.40. The monoisotopic (exact) mass is 490 g/mol. The first-order valence-electron chi connectivity index (χ1n) is 11.3. The van der Waals surface area contributed by atoms with Crippen molar-refractivity contribution < 1.29 is 14.6 Å². The fourth-order valence-corrected chi connectivity index (χ4v) is 5.20. The molecule has 4 aromatic rings. The molecule has 1 aromatic carbocycles. The predicted molar refractivity (Wildman–Crippen MR) is 137 cm³/mol. The van der Waals surface area contributed by atoms with Crippen LogP contribution in [0.2, 0.25) is 0 Å². The Labute approximate surface area is 206 Å². The first kappa shape index (κ1) is 23.0. The molecule has 5 rings (SSSR count). The highest BCUT2D eigenvalue weighted by atomic mass is 32.1. The standard InChI is InChI=1S/C25H26N6O3S/c1-25(22(32)33)6-9-31(10-7-25)23-28-13-16(14-29-23)15-11-17(20-19(34-3)5-4-8-27-20)21-18(12-15)30-24(26-2)35-21/h4-5,8,11-14H,6-7,9-10H2,1-3H3,(H,26,30)(H,32,33). The summed E-state index contributed by atoms with van der Waals surface area (Å²) in [7, 11) is 3.49. The number of hydrogen-bond acceptors (Lipinski definition) is 9. The quantitative estimate of drug-likeness (QED) is 0.402. The van der Waals surface area contributed by atoms with E-state index < -0.39 is 11.4 Å². The molecule has 180 valence electrons. The van der Waals surface area contributed by atoms with Gasteiger partial charge in [0, 0.05) is 49.9 Å². The van der Waals surface area contributed by atoms with Gasteiger partial charge in [-0.25, -0.2) is 15.0 Å². The van der Waals surface area contributed by atoms with Crippen molar-refractivity contribution in [1.82, 2.24) is 19.9 Å². The first-order valence-corrected chi connectivity index (χ1v) is 12.2. The maximum atomic E-state index is 11.5. The van der Waals surface area contributed by atoms with Gasteiger partial charge < -0.3 is 20.1 Å². The number of hydrogen-bond donors (Lipinski definition) is 2. The van der Waals surface area contributed by atoms with E-state index in [9.17, 15) is 9.90 Å². The molecule has 0 atom stereocenters. The normalized spacial score (nSPS) is 15.2. The predicted octanol–water partition coefficient (Wildman–Crippen LogP) is 4.56. The Bertz CT molecular complexity index is 1380. The minimum Gasteiger partial charge on any atom is -0.494 e. The summed E-state index contributed by atoms with van der Waals surface area (Å²) in [6.07, 6.45) is 6.49. The highest BCUT2D eigenvalue weighted by molar-refractivity contribution is 7.22. The van der Waals surface area contributed by atoms with E-state index in [1.54, 1.807) is 44.0 Å². The van der Waals surface area contributed by atoms with Crippen LogP contribution in [0.25, 0.3) is 32.6 Å². The lowest BCUT2D eigenvalue weighted by Gasteiger charge is -2.36. The lowest BCUT2D eigenvalue weighted by molar-refractivity contribution is -0.149. The van der Waals surface area contributed by atoms with Crippen molar-refractivity contribution in [2.24, 2.45) is 5.41 Å². The Balaban J connectivity index is 1.50. The third kappa shape index (κ3) is 4.25. The Morgan fingerprint density at radius 2 is 1.91 bits per heavy atom. The van der Waals surface area contributed by atoms with Crippen molar-refractivity contribution in [1.29, 1.82) is 0 Å². The average Bonchev–Trinajstić information content (AvgIpc) is 3.32. The van der Waals surface area contributed by atoms with Crippen molar-refractivity contribution in [3.63, 3.8) is 0 Å². The third-order valence-corrected chi connectivity index (χ3v) is 7.71. The summed E-state index contributed by atoms with van der Waals surface area (Å²) in [5.74, 6) is 0.558. The van der Waals surface area contributed by atoms with E-state index in [-0.39, 0.29) is 0 Å². The van der Waals surface area contributed by atoms with E-state index in [0.29, 0.717) is 37.6 Å². The molecule has 35 heavy (non-hydrogen) atoms. The van der Waals surface area contributed by atoms with Crippen LogP contribution in [-0.4, -0.2) is 58.3 Å². The van der Waals surface area contributed by atoms with Crippen LogP contribution in [-0.2, 0) is 4.79 Å². The molecule has 9 nitrogen and oxygen atoms in total. The summed E-state index contributed by atoms with van der Waals surface area (Å²) < 4.78 is 6.59. The topological polar surface area (TPSA) is 113 Å². The zero-order valence-corrected chi connectivity index (χ0v) is 20.6. The molecule has 10 heteroatoms. The van der Waals surface area contributed by atoms with Gasteiger partial charge in [-0.05, 0) is 49.6 Å². The molecule has 0 unspecified atom stereocenters. The molecule has 4 heterocycles. The van der Waals surface area contributed by atoms with Crippen LogP contribution in [0.4, 0.5) is 11.1 Å². The fraction of sp³-hybridized carbons (Fsp3) is 0.320. The summed E-state index contributed by atoms with van der Waals surface area (Å²) >= 11 is 1.57. The van der Waals surface area contributed by atoms with Gasteiger partial charge in [-0.2, -0.15) is 0 Å². The van der Waals surface area contributed by atoms with Crippen LogP contribution >= 0.6 is 11.3 Å². The summed E-state index contributed by atoms with van der Waals surface area (Å²) in [4.78, 5) is 32.1. The van der Waals surface area contributed by atoms with Crippen molar-refractivity contribution >= 4 is 38.6 Å². The second-order valence-corrected chi connectivity index (χ2v) is 9.82. The fourth-order valence-electron chi connectivity index (χ4n) is 4.29. The largest absolute Gasteiger partial charge is 0.494 e. The number of piperidine rings is 1. The SMILES string of the molecule is CNc1nc2cc(-c3cnc(N4CCC(C)(C(=O)O)CC4)nc3)cc(-c3ncccc3OC)c2s1. The highest BCUT2D eigenvalue weighted by Gasteiger charge is 2.37. The Morgan fingerprint density at radius 3 is 2.57 bits per heavy atom. The van der Waals surface area contributed by atoms with Gasteiger partial charge in [-0.3, -0.25) is 9.78 Å².